The fourth-order valence-corrected chi connectivity index (χ4v) is 5.84. The summed E-state index contributed by atoms with van der Waals surface area (Å²) >= 11 is 6.40. The molecule has 0 saturated carbocycles. The normalized spacial score (nSPS) is 27.2. The number of hydrogen-bond acceptors (Lipinski definition) is 6. The zero-order chi connectivity index (χ0) is 24.4. The average molecular weight is 483 g/mol. The summed E-state index contributed by atoms with van der Waals surface area (Å²) in [5.74, 6) is -3.35. The van der Waals surface area contributed by atoms with E-state index in [9.17, 15) is 19.2 Å². The van der Waals surface area contributed by atoms with E-state index < -0.39 is 47.0 Å². The van der Waals surface area contributed by atoms with E-state index in [1.807, 2.05) is 6.92 Å². The van der Waals surface area contributed by atoms with Gasteiger partial charge in [0.25, 0.3) is 0 Å². The molecule has 34 heavy (non-hydrogen) atoms. The van der Waals surface area contributed by atoms with Crippen LogP contribution in [0.2, 0.25) is 5.02 Å². The molecule has 5 rings (SSSR count). The predicted octanol–water partition coefficient (Wildman–Crippen LogP) is 1.45. The summed E-state index contributed by atoms with van der Waals surface area (Å²) in [5, 5.41) is 6.28. The van der Waals surface area contributed by atoms with Crippen LogP contribution >= 0.6 is 11.6 Å². The number of carbonyl (C=O) groups excluding carboxylic acids is 4. The van der Waals surface area contributed by atoms with Gasteiger partial charge in [0, 0.05) is 18.0 Å². The van der Waals surface area contributed by atoms with Crippen LogP contribution < -0.4 is 21.1 Å². The molecular weight excluding hydrogens is 460 g/mol. The Morgan fingerprint density at radius 1 is 1.18 bits per heavy atom. The standard InChI is InChI=1S/C24H23ClN4O5/c1-11-7-14-20(15(25)8-11)27-23(33)24(14)19-18(16(28-24)9-17(26)30)21(31)29(22(19)32)10-12-3-5-13(34-2)6-4-12/h3-8,16,18-19,28H,9-10H2,1-2H3,(H2,26,30)(H,27,33)/t16?,18-,19+,24?/m1/s1. The largest absolute Gasteiger partial charge is 0.497 e. The Kier molecular flexibility index (Phi) is 5.14. The maximum atomic E-state index is 13.8. The van der Waals surface area contributed by atoms with Gasteiger partial charge >= 0.3 is 0 Å². The first-order chi connectivity index (χ1) is 16.2. The minimum Gasteiger partial charge on any atom is -0.497 e. The molecule has 4 amide bonds. The summed E-state index contributed by atoms with van der Waals surface area (Å²) in [7, 11) is 1.55. The number of aryl methyl sites for hydroxylation is 1. The molecule has 176 valence electrons. The number of methoxy groups -OCH3 is 1. The Morgan fingerprint density at radius 3 is 2.53 bits per heavy atom. The molecular formula is C24H23ClN4O5. The number of rotatable bonds is 5. The van der Waals surface area contributed by atoms with Crippen molar-refractivity contribution in [1.29, 1.82) is 0 Å². The number of primary amides is 1. The molecule has 0 radical (unpaired) electrons. The monoisotopic (exact) mass is 482 g/mol. The topological polar surface area (TPSA) is 131 Å². The summed E-state index contributed by atoms with van der Waals surface area (Å²) in [5.41, 5.74) is 6.35. The van der Waals surface area contributed by atoms with E-state index in [-0.39, 0.29) is 13.0 Å². The zero-order valence-electron chi connectivity index (χ0n) is 18.6. The van der Waals surface area contributed by atoms with Crippen LogP contribution in [0.15, 0.2) is 36.4 Å². The highest BCUT2D eigenvalue weighted by Gasteiger charge is 2.70. The second kappa shape index (κ2) is 7.82. The Labute approximate surface area is 200 Å². The van der Waals surface area contributed by atoms with Crippen LogP contribution in [0.5, 0.6) is 5.75 Å². The third-order valence-corrected chi connectivity index (χ3v) is 7.23. The molecule has 4 N–H and O–H groups in total. The Bertz CT molecular complexity index is 1250. The number of amides is 4. The highest BCUT2D eigenvalue weighted by molar-refractivity contribution is 6.35. The molecule has 0 aliphatic carbocycles. The van der Waals surface area contributed by atoms with Gasteiger partial charge in [0.05, 0.1) is 36.2 Å². The number of halogens is 1. The number of hydrogen-bond donors (Lipinski definition) is 3. The van der Waals surface area contributed by atoms with E-state index in [1.165, 1.54) is 0 Å². The smallest absolute Gasteiger partial charge is 0.250 e. The van der Waals surface area contributed by atoms with E-state index in [1.54, 1.807) is 43.5 Å². The van der Waals surface area contributed by atoms with Crippen LogP contribution in [0.25, 0.3) is 0 Å². The van der Waals surface area contributed by atoms with Gasteiger partial charge in [-0.1, -0.05) is 29.8 Å². The number of ether oxygens (including phenoxy) is 1. The van der Waals surface area contributed by atoms with Gasteiger partial charge < -0.3 is 15.8 Å². The second-order valence-electron chi connectivity index (χ2n) is 8.97. The van der Waals surface area contributed by atoms with Crippen LogP contribution in [0, 0.1) is 18.8 Å². The lowest BCUT2D eigenvalue weighted by atomic mass is 9.76. The third kappa shape index (κ3) is 3.11. The second-order valence-corrected chi connectivity index (χ2v) is 9.37. The molecule has 3 aliphatic heterocycles. The van der Waals surface area contributed by atoms with Crippen LogP contribution in [0.4, 0.5) is 5.69 Å². The molecule has 9 nitrogen and oxygen atoms in total. The van der Waals surface area contributed by atoms with Crippen LogP contribution in [-0.4, -0.2) is 41.7 Å². The van der Waals surface area contributed by atoms with Crippen LogP contribution in [0.1, 0.15) is 23.1 Å². The van der Waals surface area contributed by atoms with Crippen molar-refractivity contribution < 1.29 is 23.9 Å². The van der Waals surface area contributed by atoms with Gasteiger partial charge in [0.2, 0.25) is 23.6 Å². The van der Waals surface area contributed by atoms with Crippen LogP contribution in [0.3, 0.4) is 0 Å². The molecule has 2 aromatic carbocycles. The Balaban J connectivity index is 1.59. The lowest BCUT2D eigenvalue weighted by Crippen LogP contribution is -2.53. The molecule has 2 aromatic rings. The van der Waals surface area contributed by atoms with E-state index in [0.29, 0.717) is 22.0 Å². The molecule has 10 heteroatoms. The molecule has 3 heterocycles. The van der Waals surface area contributed by atoms with Crippen molar-refractivity contribution in [2.45, 2.75) is 31.5 Å². The maximum Gasteiger partial charge on any atom is 0.250 e. The first-order valence-corrected chi connectivity index (χ1v) is 11.2. The van der Waals surface area contributed by atoms with Gasteiger partial charge in [-0.15, -0.1) is 0 Å². The van der Waals surface area contributed by atoms with E-state index >= 15 is 0 Å². The molecule has 0 aromatic heterocycles. The fraction of sp³-hybridized carbons (Fsp3) is 0.333. The summed E-state index contributed by atoms with van der Waals surface area (Å²) in [4.78, 5) is 53.7. The van der Waals surface area contributed by atoms with Gasteiger partial charge in [0.1, 0.15) is 11.3 Å². The van der Waals surface area contributed by atoms with Gasteiger partial charge in [-0.2, -0.15) is 0 Å². The summed E-state index contributed by atoms with van der Waals surface area (Å²) in [6.07, 6.45) is -0.194. The number of nitrogens with zero attached hydrogens (tertiary/aromatic N) is 1. The SMILES string of the molecule is COc1ccc(CN2C(=O)[C@@H]3C(CC(N)=O)NC4(C(=O)Nc5c(Cl)cc(C)cc54)[C@@H]3C2=O)cc1. The molecule has 3 aliphatic rings. The highest BCUT2D eigenvalue weighted by Crippen LogP contribution is 2.54. The number of anilines is 1. The zero-order valence-corrected chi connectivity index (χ0v) is 19.3. The maximum absolute atomic E-state index is 13.8. The van der Waals surface area contributed by atoms with Crippen molar-refractivity contribution in [3.63, 3.8) is 0 Å². The summed E-state index contributed by atoms with van der Waals surface area (Å²) in [6.45, 7) is 1.87. The van der Waals surface area contributed by atoms with Crippen LogP contribution in [-0.2, 0) is 31.3 Å². The van der Waals surface area contributed by atoms with E-state index in [2.05, 4.69) is 10.6 Å². The number of likely N-dealkylation sites (tertiary alicyclic amines) is 1. The van der Waals surface area contributed by atoms with Crippen molar-refractivity contribution >= 4 is 40.9 Å². The highest BCUT2D eigenvalue weighted by atomic mass is 35.5. The molecule has 4 atom stereocenters. The van der Waals surface area contributed by atoms with Crippen molar-refractivity contribution in [3.05, 3.63) is 58.1 Å². The van der Waals surface area contributed by atoms with Gasteiger partial charge in [-0.05, 0) is 36.2 Å². The van der Waals surface area contributed by atoms with Crippen molar-refractivity contribution in [2.24, 2.45) is 17.6 Å². The summed E-state index contributed by atoms with van der Waals surface area (Å²) < 4.78 is 5.17. The molecule has 2 fully saturated rings. The fourth-order valence-electron chi connectivity index (χ4n) is 5.51. The third-order valence-electron chi connectivity index (χ3n) is 6.93. The lowest BCUT2D eigenvalue weighted by Gasteiger charge is -2.29. The van der Waals surface area contributed by atoms with Gasteiger partial charge in [-0.3, -0.25) is 29.4 Å². The predicted molar refractivity (Wildman–Crippen MR) is 123 cm³/mol. The lowest BCUT2D eigenvalue weighted by molar-refractivity contribution is -0.143. The quantitative estimate of drug-likeness (QED) is 0.553. The van der Waals surface area contributed by atoms with Gasteiger partial charge in [0.15, 0.2) is 0 Å². The van der Waals surface area contributed by atoms with Crippen molar-refractivity contribution in [2.75, 3.05) is 12.4 Å². The van der Waals surface area contributed by atoms with E-state index in [4.69, 9.17) is 22.1 Å². The van der Waals surface area contributed by atoms with E-state index in [0.717, 1.165) is 16.0 Å². The molecule has 2 saturated heterocycles. The minimum absolute atomic E-state index is 0.0388. The first kappa shape index (κ1) is 22.4. The molecule has 1 spiro atoms. The Hall–Kier alpha value is -3.43. The number of imide groups is 1. The molecule has 0 bridgehead atoms. The minimum atomic E-state index is -1.53. The first-order valence-electron chi connectivity index (χ1n) is 10.8. The van der Waals surface area contributed by atoms with Crippen molar-refractivity contribution in [1.82, 2.24) is 10.2 Å². The van der Waals surface area contributed by atoms with Crippen molar-refractivity contribution in [3.8, 4) is 5.75 Å². The number of carbonyl (C=O) groups is 4. The molecule has 2 unspecified atom stereocenters. The Morgan fingerprint density at radius 2 is 1.88 bits per heavy atom. The number of nitrogens with one attached hydrogen (secondary N) is 2. The number of nitrogens with two attached hydrogens (primary N) is 1. The van der Waals surface area contributed by atoms with Gasteiger partial charge in [-0.25, -0.2) is 0 Å². The number of fused-ring (bicyclic) bond motifs is 4. The average Bonchev–Trinajstić information content (AvgIpc) is 3.35. The summed E-state index contributed by atoms with van der Waals surface area (Å²) in [6, 6.07) is 9.73. The number of benzene rings is 2.